The Morgan fingerprint density at radius 3 is 1.62 bits per heavy atom. The fourth-order valence-corrected chi connectivity index (χ4v) is 11.3. The average Bonchev–Trinajstić information content (AvgIpc) is 4.09. The van der Waals surface area contributed by atoms with E-state index in [-0.39, 0.29) is 5.41 Å². The van der Waals surface area contributed by atoms with Crippen molar-refractivity contribution in [2.45, 2.75) is 19.3 Å². The molecule has 0 N–H and O–H groups in total. The molecule has 1 aliphatic rings. The third-order valence-corrected chi connectivity index (χ3v) is 14.5. The average molecular weight is 843 g/mol. The summed E-state index contributed by atoms with van der Waals surface area (Å²) < 4.78 is 11.5. The molecule has 3 nitrogen and oxygen atoms in total. The van der Waals surface area contributed by atoms with Gasteiger partial charge in [-0.15, -0.1) is 0 Å². The van der Waals surface area contributed by atoms with Crippen LogP contribution in [0.25, 0.3) is 121 Å². The number of hydrogen-bond acceptors (Lipinski definition) is 1. The summed E-state index contributed by atoms with van der Waals surface area (Å²) in [6.07, 6.45) is 0. The molecule has 66 heavy (non-hydrogen) atoms. The van der Waals surface area contributed by atoms with Gasteiger partial charge in [0, 0.05) is 54.7 Å². The van der Waals surface area contributed by atoms with Crippen LogP contribution in [0.1, 0.15) is 25.0 Å². The first-order chi connectivity index (χ1) is 32.5. The maximum Gasteiger partial charge on any atom is 0.143 e. The highest BCUT2D eigenvalue weighted by Crippen LogP contribution is 2.53. The summed E-state index contributed by atoms with van der Waals surface area (Å²) in [4.78, 5) is 0. The standard InChI is InChI=1S/C63H42N2O/c1-63(2)54-31-30-51-50-21-11-14-24-60(50)66-62(51)61(54)52-29-27-45(38-55(52)63)64-57-23-13-10-20-48(57)53-36-41(26-32-58(53)64)42-25-28-49-47-19-9-12-22-56(47)65(59(49)37-42)46-34-43(39-15-5-3-6-16-39)33-44(35-46)40-17-7-4-8-18-40/h3-38H,1-2H3. The van der Waals surface area contributed by atoms with Crippen LogP contribution in [0.4, 0.5) is 0 Å². The van der Waals surface area contributed by atoms with E-state index in [9.17, 15) is 0 Å². The maximum absolute atomic E-state index is 6.61. The molecule has 0 fully saturated rings. The predicted octanol–water partition coefficient (Wildman–Crippen LogP) is 17.1. The second-order valence-corrected chi connectivity index (χ2v) is 18.5. The van der Waals surface area contributed by atoms with Gasteiger partial charge in [-0.3, -0.25) is 0 Å². The molecule has 0 amide bonds. The molecule has 0 aliphatic heterocycles. The van der Waals surface area contributed by atoms with Crippen molar-refractivity contribution >= 4 is 65.6 Å². The molecule has 14 rings (SSSR count). The van der Waals surface area contributed by atoms with Crippen molar-refractivity contribution in [1.29, 1.82) is 0 Å². The van der Waals surface area contributed by atoms with Crippen LogP contribution in [0.2, 0.25) is 0 Å². The van der Waals surface area contributed by atoms with Crippen molar-refractivity contribution in [2.24, 2.45) is 0 Å². The third kappa shape index (κ3) is 5.31. The van der Waals surface area contributed by atoms with E-state index in [2.05, 4.69) is 241 Å². The zero-order chi connectivity index (χ0) is 43.7. The van der Waals surface area contributed by atoms with Crippen molar-refractivity contribution in [3.63, 3.8) is 0 Å². The summed E-state index contributed by atoms with van der Waals surface area (Å²) in [5.41, 5.74) is 21.0. The lowest BCUT2D eigenvalue weighted by molar-refractivity contribution is 0.653. The van der Waals surface area contributed by atoms with Gasteiger partial charge in [0.15, 0.2) is 0 Å². The van der Waals surface area contributed by atoms with E-state index in [0.29, 0.717) is 0 Å². The van der Waals surface area contributed by atoms with Crippen molar-refractivity contribution in [3.05, 3.63) is 230 Å². The van der Waals surface area contributed by atoms with Gasteiger partial charge in [-0.25, -0.2) is 0 Å². The number of rotatable bonds is 5. The monoisotopic (exact) mass is 842 g/mol. The molecular formula is C63H42N2O. The zero-order valence-corrected chi connectivity index (χ0v) is 36.6. The highest BCUT2D eigenvalue weighted by molar-refractivity contribution is 6.14. The van der Waals surface area contributed by atoms with E-state index < -0.39 is 0 Å². The topological polar surface area (TPSA) is 23.0 Å². The Balaban J connectivity index is 0.928. The van der Waals surface area contributed by atoms with Gasteiger partial charge in [-0.05, 0) is 117 Å². The van der Waals surface area contributed by atoms with Gasteiger partial charge in [-0.2, -0.15) is 0 Å². The van der Waals surface area contributed by atoms with E-state index in [1.165, 1.54) is 105 Å². The smallest absolute Gasteiger partial charge is 0.143 e. The summed E-state index contributed by atoms with van der Waals surface area (Å²) in [6, 6.07) is 80.2. The Labute approximate surface area is 382 Å². The molecule has 10 aromatic carbocycles. The summed E-state index contributed by atoms with van der Waals surface area (Å²) in [5.74, 6) is 0. The SMILES string of the molecule is CC1(C)c2cc(-n3c4ccccc4c4cc(-c5ccc6c7ccccc7n(-c7cc(-c8ccccc8)cc(-c8ccccc8)c7)c6c5)ccc43)ccc2-c2c1ccc1c2oc2ccccc21. The molecule has 1 aliphatic carbocycles. The number of furan rings is 1. The Bertz CT molecular complexity index is 4070. The predicted molar refractivity (Wildman–Crippen MR) is 276 cm³/mol. The quantitative estimate of drug-likeness (QED) is 0.169. The largest absolute Gasteiger partial charge is 0.455 e. The van der Waals surface area contributed by atoms with Crippen molar-refractivity contribution in [2.75, 3.05) is 0 Å². The van der Waals surface area contributed by atoms with Crippen LogP contribution < -0.4 is 0 Å². The summed E-state index contributed by atoms with van der Waals surface area (Å²) in [7, 11) is 0. The minimum atomic E-state index is -0.202. The number of hydrogen-bond donors (Lipinski definition) is 0. The van der Waals surface area contributed by atoms with Gasteiger partial charge in [0.05, 0.1) is 22.1 Å². The molecule has 3 heteroatoms. The van der Waals surface area contributed by atoms with Crippen LogP contribution in [0, 0.1) is 0 Å². The third-order valence-electron chi connectivity index (χ3n) is 14.5. The van der Waals surface area contributed by atoms with Crippen LogP contribution in [0.3, 0.4) is 0 Å². The first kappa shape index (κ1) is 37.0. The van der Waals surface area contributed by atoms with Crippen molar-refractivity contribution < 1.29 is 4.42 Å². The van der Waals surface area contributed by atoms with Crippen LogP contribution >= 0.6 is 0 Å². The van der Waals surface area contributed by atoms with Crippen LogP contribution in [-0.4, -0.2) is 9.13 Å². The first-order valence-electron chi connectivity index (χ1n) is 22.9. The van der Waals surface area contributed by atoms with Gasteiger partial charge in [-0.1, -0.05) is 166 Å². The lowest BCUT2D eigenvalue weighted by atomic mass is 9.82. The van der Waals surface area contributed by atoms with Crippen molar-refractivity contribution in [1.82, 2.24) is 9.13 Å². The van der Waals surface area contributed by atoms with E-state index in [4.69, 9.17) is 4.42 Å². The first-order valence-corrected chi connectivity index (χ1v) is 22.9. The molecule has 0 spiro atoms. The Kier molecular flexibility index (Phi) is 7.74. The molecule has 0 unspecified atom stereocenters. The molecule has 0 bridgehead atoms. The van der Waals surface area contributed by atoms with Gasteiger partial charge in [0.25, 0.3) is 0 Å². The van der Waals surface area contributed by atoms with Gasteiger partial charge >= 0.3 is 0 Å². The van der Waals surface area contributed by atoms with E-state index in [1.807, 2.05) is 0 Å². The minimum absolute atomic E-state index is 0.202. The van der Waals surface area contributed by atoms with Crippen molar-refractivity contribution in [3.8, 4) is 55.9 Å². The number of fused-ring (bicyclic) bond motifs is 13. The highest BCUT2D eigenvalue weighted by Gasteiger charge is 2.38. The Hall–Kier alpha value is -8.40. The maximum atomic E-state index is 6.61. The molecule has 0 radical (unpaired) electrons. The highest BCUT2D eigenvalue weighted by atomic mass is 16.3. The lowest BCUT2D eigenvalue weighted by Gasteiger charge is -2.22. The summed E-state index contributed by atoms with van der Waals surface area (Å²) >= 11 is 0. The Morgan fingerprint density at radius 2 is 0.894 bits per heavy atom. The minimum Gasteiger partial charge on any atom is -0.455 e. The van der Waals surface area contributed by atoms with Crippen LogP contribution in [-0.2, 0) is 5.41 Å². The second kappa shape index (κ2) is 13.8. The fourth-order valence-electron chi connectivity index (χ4n) is 11.3. The molecule has 3 aromatic heterocycles. The summed E-state index contributed by atoms with van der Waals surface area (Å²) in [6.45, 7) is 4.71. The van der Waals surface area contributed by atoms with E-state index in [0.717, 1.165) is 27.9 Å². The Morgan fingerprint density at radius 1 is 0.333 bits per heavy atom. The number of aromatic nitrogens is 2. The fraction of sp³-hybridized carbons (Fsp3) is 0.0476. The number of nitrogens with zero attached hydrogens (tertiary/aromatic N) is 2. The number of para-hydroxylation sites is 3. The van der Waals surface area contributed by atoms with Crippen LogP contribution in [0.15, 0.2) is 223 Å². The van der Waals surface area contributed by atoms with Gasteiger partial charge in [0.2, 0.25) is 0 Å². The molecular weight excluding hydrogens is 801 g/mol. The van der Waals surface area contributed by atoms with E-state index >= 15 is 0 Å². The number of benzene rings is 10. The lowest BCUT2D eigenvalue weighted by Crippen LogP contribution is -2.15. The van der Waals surface area contributed by atoms with E-state index in [1.54, 1.807) is 0 Å². The molecule has 310 valence electrons. The summed E-state index contributed by atoms with van der Waals surface area (Å²) in [5, 5.41) is 7.29. The molecule has 0 saturated carbocycles. The molecule has 13 aromatic rings. The second-order valence-electron chi connectivity index (χ2n) is 18.5. The normalized spacial score (nSPS) is 13.1. The molecule has 3 heterocycles. The zero-order valence-electron chi connectivity index (χ0n) is 36.6. The molecule has 0 saturated heterocycles. The molecule has 0 atom stereocenters. The van der Waals surface area contributed by atoms with Crippen LogP contribution in [0.5, 0.6) is 0 Å². The van der Waals surface area contributed by atoms with Gasteiger partial charge < -0.3 is 13.6 Å². The van der Waals surface area contributed by atoms with Gasteiger partial charge in [0.1, 0.15) is 11.2 Å².